The van der Waals surface area contributed by atoms with Crippen LogP contribution in [-0.2, 0) is 0 Å². The number of nitrogens with zero attached hydrogens (tertiary/aromatic N) is 2. The maximum Gasteiger partial charge on any atom is 0.320 e. The molecule has 0 fully saturated rings. The Morgan fingerprint density at radius 1 is 1.33 bits per heavy atom. The van der Waals surface area contributed by atoms with Crippen molar-refractivity contribution in [1.82, 2.24) is 0 Å². The zero-order valence-electron chi connectivity index (χ0n) is 9.08. The normalized spacial score (nSPS) is 9.61. The number of thiocarbonyl (C=S) groups is 1. The number of hydrogen-bond donors (Lipinski definition) is 2. The number of nitro benzene ring substituents is 2. The first-order valence-corrected chi connectivity index (χ1v) is 4.85. The van der Waals surface area contributed by atoms with E-state index in [2.05, 4.69) is 22.3 Å². The van der Waals surface area contributed by atoms with Crippen molar-refractivity contribution in [2.45, 2.75) is 0 Å². The molecule has 0 unspecified atom stereocenters. The molecule has 0 aliphatic rings. The van der Waals surface area contributed by atoms with Crippen LogP contribution in [0.4, 0.5) is 17.1 Å². The van der Waals surface area contributed by atoms with Crippen LogP contribution in [0, 0.1) is 20.2 Å². The maximum atomic E-state index is 10.8. The molecule has 9 nitrogen and oxygen atoms in total. The first-order valence-electron chi connectivity index (χ1n) is 4.44. The number of rotatable bonds is 4. The SMILES string of the molecule is COc1c([N+](=O)[O-])cc(NC(N)=S)cc1[N+](=O)[O-]. The molecule has 0 aliphatic carbocycles. The van der Waals surface area contributed by atoms with E-state index in [1.165, 1.54) is 0 Å². The van der Waals surface area contributed by atoms with Gasteiger partial charge in [0.25, 0.3) is 5.75 Å². The van der Waals surface area contributed by atoms with E-state index in [0.717, 1.165) is 19.2 Å². The van der Waals surface area contributed by atoms with Crippen LogP contribution in [0.2, 0.25) is 0 Å². The summed E-state index contributed by atoms with van der Waals surface area (Å²) in [6.45, 7) is 0. The van der Waals surface area contributed by atoms with Gasteiger partial charge in [0.15, 0.2) is 5.11 Å². The van der Waals surface area contributed by atoms with Crippen molar-refractivity contribution < 1.29 is 14.6 Å². The number of nitro groups is 2. The minimum atomic E-state index is -0.795. The van der Waals surface area contributed by atoms with Gasteiger partial charge in [-0.15, -0.1) is 0 Å². The second-order valence-corrected chi connectivity index (χ2v) is 3.49. The lowest BCUT2D eigenvalue weighted by atomic mass is 10.2. The van der Waals surface area contributed by atoms with Crippen LogP contribution in [0.1, 0.15) is 0 Å². The van der Waals surface area contributed by atoms with Crippen molar-refractivity contribution in [1.29, 1.82) is 0 Å². The molecule has 0 amide bonds. The summed E-state index contributed by atoms with van der Waals surface area (Å²) in [7, 11) is 1.11. The zero-order valence-corrected chi connectivity index (χ0v) is 9.89. The van der Waals surface area contributed by atoms with Crippen LogP contribution in [0.25, 0.3) is 0 Å². The molecule has 96 valence electrons. The molecule has 0 atom stereocenters. The molecule has 0 spiro atoms. The predicted molar refractivity (Wildman–Crippen MR) is 66.7 cm³/mol. The van der Waals surface area contributed by atoms with Gasteiger partial charge in [-0.2, -0.15) is 0 Å². The summed E-state index contributed by atoms with van der Waals surface area (Å²) in [6, 6.07) is 2.09. The molecule has 1 aromatic rings. The highest BCUT2D eigenvalue weighted by molar-refractivity contribution is 7.80. The first-order chi connectivity index (χ1) is 8.36. The van der Waals surface area contributed by atoms with E-state index in [0.29, 0.717) is 0 Å². The van der Waals surface area contributed by atoms with Gasteiger partial charge in [-0.25, -0.2) is 0 Å². The molecule has 0 aliphatic heterocycles. The van der Waals surface area contributed by atoms with Gasteiger partial charge >= 0.3 is 11.4 Å². The Balaban J connectivity index is 3.48. The Morgan fingerprint density at radius 3 is 2.06 bits per heavy atom. The smallest absolute Gasteiger partial charge is 0.320 e. The summed E-state index contributed by atoms with van der Waals surface area (Å²) in [5.41, 5.74) is 4.14. The summed E-state index contributed by atoms with van der Waals surface area (Å²) >= 11 is 4.55. The topological polar surface area (TPSA) is 134 Å². The van der Waals surface area contributed by atoms with Crippen LogP contribution in [-0.4, -0.2) is 22.1 Å². The molecule has 10 heteroatoms. The average Bonchev–Trinajstić information content (AvgIpc) is 2.26. The van der Waals surface area contributed by atoms with E-state index >= 15 is 0 Å². The monoisotopic (exact) mass is 272 g/mol. The molecular weight excluding hydrogens is 264 g/mol. The highest BCUT2D eigenvalue weighted by atomic mass is 32.1. The Hall–Kier alpha value is -2.49. The third-order valence-corrected chi connectivity index (χ3v) is 2.02. The largest absolute Gasteiger partial charge is 0.485 e. The number of methoxy groups -OCH3 is 1. The molecule has 0 saturated carbocycles. The molecule has 0 bridgehead atoms. The standard InChI is InChI=1S/C8H8N4O5S/c1-17-7-5(11(13)14)2-4(10-8(9)18)3-6(7)12(15)16/h2-3H,1H3,(H3,9,10,18). The van der Waals surface area contributed by atoms with Crippen LogP contribution >= 0.6 is 12.2 Å². The molecular formula is C8H8N4O5S. The Labute approximate surface area is 106 Å². The molecule has 0 saturated heterocycles. The lowest BCUT2D eigenvalue weighted by Crippen LogP contribution is -2.19. The highest BCUT2D eigenvalue weighted by Gasteiger charge is 2.27. The Morgan fingerprint density at radius 2 is 1.78 bits per heavy atom. The molecule has 18 heavy (non-hydrogen) atoms. The first kappa shape index (κ1) is 13.6. The van der Waals surface area contributed by atoms with Crippen LogP contribution in [0.15, 0.2) is 12.1 Å². The van der Waals surface area contributed by atoms with Crippen molar-refractivity contribution in [3.63, 3.8) is 0 Å². The number of ether oxygens (including phenoxy) is 1. The second-order valence-electron chi connectivity index (χ2n) is 3.05. The van der Waals surface area contributed by atoms with Crippen molar-refractivity contribution in [3.8, 4) is 5.75 Å². The zero-order chi connectivity index (χ0) is 13.9. The third-order valence-electron chi connectivity index (χ3n) is 1.91. The molecule has 0 heterocycles. The predicted octanol–water partition coefficient (Wildman–Crippen LogP) is 1.17. The summed E-state index contributed by atoms with van der Waals surface area (Å²) in [5, 5.41) is 23.8. The van der Waals surface area contributed by atoms with Gasteiger partial charge in [0, 0.05) is 12.1 Å². The van der Waals surface area contributed by atoms with E-state index in [4.69, 9.17) is 5.73 Å². The fourth-order valence-electron chi connectivity index (χ4n) is 1.29. The third kappa shape index (κ3) is 2.79. The molecule has 0 radical (unpaired) electrons. The number of benzene rings is 1. The number of anilines is 1. The minimum Gasteiger partial charge on any atom is -0.485 e. The molecule has 1 aromatic carbocycles. The maximum absolute atomic E-state index is 10.8. The van der Waals surface area contributed by atoms with Crippen LogP contribution in [0.3, 0.4) is 0 Å². The lowest BCUT2D eigenvalue weighted by Gasteiger charge is -2.07. The van der Waals surface area contributed by atoms with E-state index in [9.17, 15) is 20.2 Å². The number of nitrogens with one attached hydrogen (secondary N) is 1. The Bertz CT molecular complexity index is 497. The Kier molecular flexibility index (Phi) is 3.94. The molecule has 3 N–H and O–H groups in total. The number of nitrogens with two attached hydrogens (primary N) is 1. The van der Waals surface area contributed by atoms with Gasteiger partial charge in [-0.05, 0) is 12.2 Å². The lowest BCUT2D eigenvalue weighted by molar-refractivity contribution is -0.395. The molecule has 0 aromatic heterocycles. The van der Waals surface area contributed by atoms with Gasteiger partial charge in [-0.3, -0.25) is 20.2 Å². The number of hydrogen-bond acceptors (Lipinski definition) is 6. The second kappa shape index (κ2) is 5.23. The fraction of sp³-hybridized carbons (Fsp3) is 0.125. The molecule has 1 rings (SSSR count). The quantitative estimate of drug-likeness (QED) is 0.474. The van der Waals surface area contributed by atoms with Crippen LogP contribution in [0.5, 0.6) is 5.75 Å². The average molecular weight is 272 g/mol. The summed E-state index contributed by atoms with van der Waals surface area (Å²) in [4.78, 5) is 20.0. The van der Waals surface area contributed by atoms with Gasteiger partial charge in [0.05, 0.1) is 22.6 Å². The van der Waals surface area contributed by atoms with E-state index in [1.807, 2.05) is 0 Å². The van der Waals surface area contributed by atoms with Crippen LogP contribution < -0.4 is 15.8 Å². The van der Waals surface area contributed by atoms with Gasteiger partial charge < -0.3 is 15.8 Å². The highest BCUT2D eigenvalue weighted by Crippen LogP contribution is 2.39. The minimum absolute atomic E-state index is 0.0432. The van der Waals surface area contributed by atoms with Gasteiger partial charge in [0.1, 0.15) is 0 Å². The fourth-order valence-corrected chi connectivity index (χ4v) is 1.41. The van der Waals surface area contributed by atoms with Crippen molar-refractivity contribution in [3.05, 3.63) is 32.4 Å². The summed E-state index contributed by atoms with van der Waals surface area (Å²) in [6.07, 6.45) is 0. The van der Waals surface area contributed by atoms with E-state index < -0.39 is 27.0 Å². The van der Waals surface area contributed by atoms with Gasteiger partial charge in [0.2, 0.25) is 0 Å². The van der Waals surface area contributed by atoms with Crippen molar-refractivity contribution >= 4 is 34.4 Å². The van der Waals surface area contributed by atoms with Crippen molar-refractivity contribution in [2.75, 3.05) is 12.4 Å². The van der Waals surface area contributed by atoms with Crippen molar-refractivity contribution in [2.24, 2.45) is 5.73 Å². The van der Waals surface area contributed by atoms with Gasteiger partial charge in [-0.1, -0.05) is 0 Å². The summed E-state index contributed by atoms with van der Waals surface area (Å²) in [5.74, 6) is -0.432. The van der Waals surface area contributed by atoms with E-state index in [1.54, 1.807) is 0 Å². The summed E-state index contributed by atoms with van der Waals surface area (Å²) < 4.78 is 4.68. The van der Waals surface area contributed by atoms with E-state index in [-0.39, 0.29) is 10.8 Å².